The molecule has 1 aromatic rings. The second-order valence-corrected chi connectivity index (χ2v) is 3.38. The monoisotopic (exact) mass is 166 g/mol. The fourth-order valence-corrected chi connectivity index (χ4v) is 2.10. The number of para-hydroxylation sites is 1. The molecule has 3 aliphatic rings. The number of rotatable bonds is 0. The van der Waals surface area contributed by atoms with Gasteiger partial charge in [-0.3, -0.25) is 0 Å². The van der Waals surface area contributed by atoms with Crippen molar-refractivity contribution in [3.63, 3.8) is 0 Å². The SMILES string of the molecule is [Li+].[c-]1cccc2c1N1CCN2CC1. The van der Waals surface area contributed by atoms with Crippen LogP contribution in [0.5, 0.6) is 0 Å². The standard InChI is InChI=1S/C10H11N2.Li/c1-2-4-10-9(3-1)11-5-7-12(10)8-6-11;/h1-3H,5-8H2;/q-1;+1. The van der Waals surface area contributed by atoms with E-state index in [-0.39, 0.29) is 18.9 Å². The summed E-state index contributed by atoms with van der Waals surface area (Å²) in [7, 11) is 0. The Hall–Kier alpha value is -0.583. The van der Waals surface area contributed by atoms with Crippen molar-refractivity contribution in [2.45, 2.75) is 0 Å². The van der Waals surface area contributed by atoms with Gasteiger partial charge >= 0.3 is 18.9 Å². The van der Waals surface area contributed by atoms with Crippen molar-refractivity contribution in [3.8, 4) is 0 Å². The number of fused-ring (bicyclic) bond motifs is 2. The normalized spacial score (nSPS) is 18.2. The molecular formula is C10H11LiN2. The predicted octanol–water partition coefficient (Wildman–Crippen LogP) is -1.87. The summed E-state index contributed by atoms with van der Waals surface area (Å²) in [5, 5.41) is 0. The summed E-state index contributed by atoms with van der Waals surface area (Å²) < 4.78 is 0. The molecule has 62 valence electrons. The summed E-state index contributed by atoms with van der Waals surface area (Å²) in [5.41, 5.74) is 2.67. The van der Waals surface area contributed by atoms with Crippen molar-refractivity contribution >= 4 is 11.4 Å². The molecule has 0 spiro atoms. The Kier molecular flexibility index (Phi) is 2.27. The van der Waals surface area contributed by atoms with E-state index in [1.54, 1.807) is 0 Å². The molecule has 0 saturated carbocycles. The molecular weight excluding hydrogens is 155 g/mol. The zero-order valence-corrected chi connectivity index (χ0v) is 7.95. The molecule has 4 rings (SSSR count). The third kappa shape index (κ3) is 1.25. The first-order valence-corrected chi connectivity index (χ1v) is 4.46. The Morgan fingerprint density at radius 3 is 2.46 bits per heavy atom. The van der Waals surface area contributed by atoms with Gasteiger partial charge in [-0.05, 0) is 0 Å². The van der Waals surface area contributed by atoms with Gasteiger partial charge in [-0.25, -0.2) is 0 Å². The van der Waals surface area contributed by atoms with Gasteiger partial charge in [0.2, 0.25) is 0 Å². The Morgan fingerprint density at radius 1 is 1.08 bits per heavy atom. The van der Waals surface area contributed by atoms with Crippen molar-refractivity contribution in [1.29, 1.82) is 0 Å². The van der Waals surface area contributed by atoms with E-state index in [0.29, 0.717) is 0 Å². The van der Waals surface area contributed by atoms with Crippen LogP contribution in [-0.4, -0.2) is 26.2 Å². The first kappa shape index (κ1) is 8.99. The summed E-state index contributed by atoms with van der Waals surface area (Å²) in [6.07, 6.45) is 0. The van der Waals surface area contributed by atoms with E-state index in [9.17, 15) is 0 Å². The summed E-state index contributed by atoms with van der Waals surface area (Å²) in [5.74, 6) is 0. The van der Waals surface area contributed by atoms with Crippen LogP contribution in [0.2, 0.25) is 0 Å². The number of benzene rings is 1. The second-order valence-electron chi connectivity index (χ2n) is 3.38. The van der Waals surface area contributed by atoms with Crippen molar-refractivity contribution in [3.05, 3.63) is 24.3 Å². The quantitative estimate of drug-likeness (QED) is 0.329. The van der Waals surface area contributed by atoms with Gasteiger partial charge in [-0.1, -0.05) is 11.4 Å². The zero-order valence-electron chi connectivity index (χ0n) is 7.95. The zero-order chi connectivity index (χ0) is 7.97. The van der Waals surface area contributed by atoms with Crippen molar-refractivity contribution in [2.24, 2.45) is 0 Å². The third-order valence-corrected chi connectivity index (χ3v) is 2.75. The smallest absolute Gasteiger partial charge is 0.418 e. The molecule has 1 saturated heterocycles. The Labute approximate surface area is 90.7 Å². The van der Waals surface area contributed by atoms with E-state index in [1.165, 1.54) is 37.6 Å². The van der Waals surface area contributed by atoms with Crippen LogP contribution in [0.4, 0.5) is 11.4 Å². The van der Waals surface area contributed by atoms with E-state index in [0.717, 1.165) is 0 Å². The van der Waals surface area contributed by atoms with E-state index < -0.39 is 0 Å². The number of hydrogen-bond acceptors (Lipinski definition) is 2. The van der Waals surface area contributed by atoms with Gasteiger partial charge in [-0.2, -0.15) is 18.2 Å². The Morgan fingerprint density at radius 2 is 1.77 bits per heavy atom. The van der Waals surface area contributed by atoms with Crippen LogP contribution in [-0.2, 0) is 0 Å². The average Bonchev–Trinajstić information content (AvgIpc) is 2.20. The molecule has 0 N–H and O–H groups in total. The first-order valence-electron chi connectivity index (χ1n) is 4.46. The maximum Gasteiger partial charge on any atom is 1.00 e. The van der Waals surface area contributed by atoms with E-state index in [2.05, 4.69) is 28.0 Å². The summed E-state index contributed by atoms with van der Waals surface area (Å²) >= 11 is 0. The molecule has 1 fully saturated rings. The molecule has 0 aliphatic carbocycles. The fraction of sp³-hybridized carbons (Fsp3) is 0.400. The topological polar surface area (TPSA) is 6.48 Å². The molecule has 3 heteroatoms. The average molecular weight is 166 g/mol. The summed E-state index contributed by atoms with van der Waals surface area (Å²) in [6.45, 7) is 4.72. The molecule has 0 aromatic heterocycles. The minimum atomic E-state index is 0. The van der Waals surface area contributed by atoms with Crippen LogP contribution < -0.4 is 28.7 Å². The van der Waals surface area contributed by atoms with Crippen molar-refractivity contribution in [1.82, 2.24) is 0 Å². The molecule has 2 nitrogen and oxygen atoms in total. The van der Waals surface area contributed by atoms with Crippen molar-refractivity contribution < 1.29 is 18.9 Å². The van der Waals surface area contributed by atoms with Crippen LogP contribution in [0.25, 0.3) is 0 Å². The minimum Gasteiger partial charge on any atom is -0.418 e. The maximum atomic E-state index is 3.30. The van der Waals surface area contributed by atoms with Crippen LogP contribution in [0.15, 0.2) is 18.2 Å². The molecule has 3 heterocycles. The maximum absolute atomic E-state index is 3.30. The van der Waals surface area contributed by atoms with Crippen LogP contribution in [0, 0.1) is 6.07 Å². The van der Waals surface area contributed by atoms with Gasteiger partial charge in [0.25, 0.3) is 0 Å². The molecule has 1 aromatic carbocycles. The molecule has 3 aliphatic heterocycles. The fourth-order valence-electron chi connectivity index (χ4n) is 2.10. The van der Waals surface area contributed by atoms with Crippen LogP contribution in [0.1, 0.15) is 0 Å². The number of anilines is 2. The van der Waals surface area contributed by atoms with Gasteiger partial charge in [0.15, 0.2) is 0 Å². The van der Waals surface area contributed by atoms with E-state index in [1.807, 2.05) is 6.07 Å². The molecule has 0 atom stereocenters. The Balaban J connectivity index is 0.000000653. The van der Waals surface area contributed by atoms with Gasteiger partial charge in [0, 0.05) is 26.2 Å². The summed E-state index contributed by atoms with van der Waals surface area (Å²) in [4.78, 5) is 4.88. The molecule has 0 amide bonds. The van der Waals surface area contributed by atoms with E-state index in [4.69, 9.17) is 0 Å². The molecule has 0 unspecified atom stereocenters. The summed E-state index contributed by atoms with van der Waals surface area (Å²) in [6, 6.07) is 9.57. The predicted molar refractivity (Wildman–Crippen MR) is 49.7 cm³/mol. The third-order valence-electron chi connectivity index (χ3n) is 2.75. The first-order chi connectivity index (χ1) is 5.95. The van der Waals surface area contributed by atoms with Gasteiger partial charge in [-0.15, -0.1) is 6.07 Å². The van der Waals surface area contributed by atoms with E-state index >= 15 is 0 Å². The van der Waals surface area contributed by atoms with Crippen LogP contribution >= 0.6 is 0 Å². The van der Waals surface area contributed by atoms with Gasteiger partial charge < -0.3 is 9.80 Å². The number of hydrogen-bond donors (Lipinski definition) is 0. The number of piperazine rings is 1. The van der Waals surface area contributed by atoms with Crippen molar-refractivity contribution in [2.75, 3.05) is 36.0 Å². The van der Waals surface area contributed by atoms with Gasteiger partial charge in [0.05, 0.1) is 0 Å². The number of nitrogens with zero attached hydrogens (tertiary/aromatic N) is 2. The molecule has 13 heavy (non-hydrogen) atoms. The largest absolute Gasteiger partial charge is 1.00 e. The molecule has 2 bridgehead atoms. The Bertz CT molecular complexity index is 275. The van der Waals surface area contributed by atoms with Gasteiger partial charge in [0.1, 0.15) is 0 Å². The molecule has 0 radical (unpaired) electrons. The second kappa shape index (κ2) is 3.29. The van der Waals surface area contributed by atoms with Crippen LogP contribution in [0.3, 0.4) is 0 Å². The minimum absolute atomic E-state index is 0.